The second-order valence-corrected chi connectivity index (χ2v) is 2.29. The first-order chi connectivity index (χ1) is 4.70. The molecule has 0 bridgehead atoms. The Bertz CT molecular complexity index is 127. The van der Waals surface area contributed by atoms with Crippen molar-refractivity contribution in [3.63, 3.8) is 0 Å². The minimum Gasteiger partial charge on any atom is -0.368 e. The fourth-order valence-electron chi connectivity index (χ4n) is 0.580. The third-order valence-electron chi connectivity index (χ3n) is 1.31. The second kappa shape index (κ2) is 5.03. The minimum absolute atomic E-state index is 0.469. The maximum atomic E-state index is 3.98. The first kappa shape index (κ1) is 9.21. The first-order valence-corrected chi connectivity index (χ1v) is 3.64. The van der Waals surface area contributed by atoms with Gasteiger partial charge in [-0.15, -0.1) is 0 Å². The molecule has 0 heterocycles. The van der Waals surface area contributed by atoms with Gasteiger partial charge in [0, 0.05) is 12.3 Å². The third kappa shape index (κ3) is 4.13. The zero-order valence-electron chi connectivity index (χ0n) is 7.02. The quantitative estimate of drug-likeness (QED) is 0.593. The third-order valence-corrected chi connectivity index (χ3v) is 1.31. The SMILES string of the molecule is C=C(N=CC)N[C@@H](C)CC. The van der Waals surface area contributed by atoms with Crippen LogP contribution in [0.4, 0.5) is 0 Å². The van der Waals surface area contributed by atoms with Crippen molar-refractivity contribution < 1.29 is 0 Å². The molecule has 0 saturated heterocycles. The average Bonchev–Trinajstić information content (AvgIpc) is 1.88. The second-order valence-electron chi connectivity index (χ2n) is 2.29. The number of nitrogens with zero attached hydrogens (tertiary/aromatic N) is 1. The summed E-state index contributed by atoms with van der Waals surface area (Å²) in [5, 5.41) is 3.14. The van der Waals surface area contributed by atoms with Gasteiger partial charge < -0.3 is 5.32 Å². The fraction of sp³-hybridized carbons (Fsp3) is 0.625. The largest absolute Gasteiger partial charge is 0.368 e. The van der Waals surface area contributed by atoms with Crippen molar-refractivity contribution in [2.75, 3.05) is 0 Å². The molecule has 0 unspecified atom stereocenters. The summed E-state index contributed by atoms with van der Waals surface area (Å²) >= 11 is 0. The van der Waals surface area contributed by atoms with E-state index >= 15 is 0 Å². The van der Waals surface area contributed by atoms with Crippen LogP contribution in [0, 0.1) is 0 Å². The van der Waals surface area contributed by atoms with E-state index in [4.69, 9.17) is 0 Å². The van der Waals surface area contributed by atoms with Crippen molar-refractivity contribution in [3.05, 3.63) is 12.4 Å². The smallest absolute Gasteiger partial charge is 0.118 e. The van der Waals surface area contributed by atoms with Crippen LogP contribution in [0.2, 0.25) is 0 Å². The van der Waals surface area contributed by atoms with Crippen LogP contribution in [0.1, 0.15) is 27.2 Å². The van der Waals surface area contributed by atoms with Gasteiger partial charge in [-0.2, -0.15) is 0 Å². The number of aliphatic imine (C=N–C) groups is 1. The van der Waals surface area contributed by atoms with Gasteiger partial charge in [0.25, 0.3) is 0 Å². The summed E-state index contributed by atoms with van der Waals surface area (Å²) in [6, 6.07) is 0.469. The summed E-state index contributed by atoms with van der Waals surface area (Å²) in [7, 11) is 0. The van der Waals surface area contributed by atoms with Crippen molar-refractivity contribution >= 4 is 6.21 Å². The van der Waals surface area contributed by atoms with Gasteiger partial charge >= 0.3 is 0 Å². The number of rotatable bonds is 4. The highest BCUT2D eigenvalue weighted by atomic mass is 15.0. The van der Waals surface area contributed by atoms with Gasteiger partial charge in [-0.05, 0) is 20.3 Å². The molecule has 2 heteroatoms. The van der Waals surface area contributed by atoms with Crippen LogP contribution in [0.25, 0.3) is 0 Å². The molecule has 0 amide bonds. The van der Waals surface area contributed by atoms with Crippen LogP contribution in [-0.4, -0.2) is 12.3 Å². The Balaban J connectivity index is 3.57. The highest BCUT2D eigenvalue weighted by Gasteiger charge is 1.95. The van der Waals surface area contributed by atoms with E-state index < -0.39 is 0 Å². The van der Waals surface area contributed by atoms with Gasteiger partial charge in [0.2, 0.25) is 0 Å². The number of nitrogens with one attached hydrogen (secondary N) is 1. The molecule has 0 rings (SSSR count). The maximum absolute atomic E-state index is 3.98. The molecular weight excluding hydrogens is 124 g/mol. The zero-order chi connectivity index (χ0) is 7.98. The van der Waals surface area contributed by atoms with Crippen molar-refractivity contribution in [2.24, 2.45) is 4.99 Å². The van der Waals surface area contributed by atoms with E-state index in [1.165, 1.54) is 0 Å². The summed E-state index contributed by atoms with van der Waals surface area (Å²) in [5.41, 5.74) is 0. The van der Waals surface area contributed by atoms with Crippen LogP contribution < -0.4 is 5.32 Å². The molecule has 1 N–H and O–H groups in total. The van der Waals surface area contributed by atoms with Crippen LogP contribution in [0.5, 0.6) is 0 Å². The predicted octanol–water partition coefficient (Wildman–Crippen LogP) is 1.94. The lowest BCUT2D eigenvalue weighted by Gasteiger charge is -2.10. The van der Waals surface area contributed by atoms with Gasteiger partial charge in [-0.25, -0.2) is 4.99 Å². The lowest BCUT2D eigenvalue weighted by molar-refractivity contribution is 0.594. The molecule has 58 valence electrons. The molecule has 1 atom stereocenters. The Labute approximate surface area is 63.0 Å². The standard InChI is InChI=1S/C8H16N2/c1-5-7(3)10-8(4)9-6-2/h6-7,10H,4-5H2,1-3H3/t7-/m0/s1. The van der Waals surface area contributed by atoms with Crippen molar-refractivity contribution in [1.82, 2.24) is 5.32 Å². The number of hydrogen-bond acceptors (Lipinski definition) is 2. The van der Waals surface area contributed by atoms with E-state index in [1.807, 2.05) is 6.92 Å². The van der Waals surface area contributed by atoms with E-state index in [-0.39, 0.29) is 0 Å². The fourth-order valence-corrected chi connectivity index (χ4v) is 0.580. The van der Waals surface area contributed by atoms with Gasteiger partial charge in [-0.3, -0.25) is 0 Å². The average molecular weight is 140 g/mol. The molecule has 10 heavy (non-hydrogen) atoms. The Hall–Kier alpha value is -0.790. The van der Waals surface area contributed by atoms with Gasteiger partial charge in [0.1, 0.15) is 5.82 Å². The minimum atomic E-state index is 0.469. The Kier molecular flexibility index (Phi) is 4.63. The summed E-state index contributed by atoms with van der Waals surface area (Å²) in [5.74, 6) is 0.747. The molecule has 0 aliphatic carbocycles. The lowest BCUT2D eigenvalue weighted by Crippen LogP contribution is -2.22. The Morgan fingerprint density at radius 3 is 2.80 bits per heavy atom. The van der Waals surface area contributed by atoms with Gasteiger partial charge in [0.15, 0.2) is 0 Å². The molecule has 0 aromatic rings. The molecule has 0 fully saturated rings. The van der Waals surface area contributed by atoms with E-state index in [9.17, 15) is 0 Å². The Morgan fingerprint density at radius 1 is 1.80 bits per heavy atom. The van der Waals surface area contributed by atoms with Gasteiger partial charge in [-0.1, -0.05) is 13.5 Å². The highest BCUT2D eigenvalue weighted by molar-refractivity contribution is 5.54. The highest BCUT2D eigenvalue weighted by Crippen LogP contribution is 1.93. The van der Waals surface area contributed by atoms with Crippen LogP contribution >= 0.6 is 0 Å². The molecule has 0 saturated carbocycles. The topological polar surface area (TPSA) is 24.4 Å². The van der Waals surface area contributed by atoms with E-state index in [2.05, 4.69) is 30.7 Å². The summed E-state index contributed by atoms with van der Waals surface area (Å²) < 4.78 is 0. The molecule has 0 aliphatic heterocycles. The molecule has 0 spiro atoms. The molecule has 0 aliphatic rings. The summed E-state index contributed by atoms with van der Waals surface area (Å²) in [6.45, 7) is 9.83. The molecule has 0 radical (unpaired) electrons. The monoisotopic (exact) mass is 140 g/mol. The van der Waals surface area contributed by atoms with Crippen molar-refractivity contribution in [3.8, 4) is 0 Å². The van der Waals surface area contributed by atoms with Crippen LogP contribution in [0.15, 0.2) is 17.4 Å². The van der Waals surface area contributed by atoms with Crippen LogP contribution in [0.3, 0.4) is 0 Å². The summed E-state index contributed by atoms with van der Waals surface area (Å²) in [4.78, 5) is 3.98. The lowest BCUT2D eigenvalue weighted by atomic mass is 10.3. The molecule has 0 aromatic carbocycles. The van der Waals surface area contributed by atoms with Crippen molar-refractivity contribution in [2.45, 2.75) is 33.2 Å². The zero-order valence-corrected chi connectivity index (χ0v) is 7.02. The molecule has 2 nitrogen and oxygen atoms in total. The number of hydrogen-bond donors (Lipinski definition) is 1. The van der Waals surface area contributed by atoms with Crippen LogP contribution in [-0.2, 0) is 0 Å². The van der Waals surface area contributed by atoms with Crippen molar-refractivity contribution in [1.29, 1.82) is 0 Å². The normalized spacial score (nSPS) is 13.5. The Morgan fingerprint density at radius 2 is 2.40 bits per heavy atom. The van der Waals surface area contributed by atoms with E-state index in [1.54, 1.807) is 6.21 Å². The predicted molar refractivity (Wildman–Crippen MR) is 46.2 cm³/mol. The van der Waals surface area contributed by atoms with E-state index in [0.717, 1.165) is 12.2 Å². The molecule has 0 aromatic heterocycles. The van der Waals surface area contributed by atoms with E-state index in [0.29, 0.717) is 6.04 Å². The van der Waals surface area contributed by atoms with Gasteiger partial charge in [0.05, 0.1) is 0 Å². The maximum Gasteiger partial charge on any atom is 0.118 e. The summed E-state index contributed by atoms with van der Waals surface area (Å²) in [6.07, 6.45) is 2.83. The molecular formula is C8H16N2. The first-order valence-electron chi connectivity index (χ1n) is 3.64.